The lowest BCUT2D eigenvalue weighted by Gasteiger charge is -2.03. The van der Waals surface area contributed by atoms with Crippen molar-refractivity contribution in [2.24, 2.45) is 0 Å². The topological polar surface area (TPSA) is 101 Å². The van der Waals surface area contributed by atoms with E-state index in [2.05, 4.69) is 4.74 Å². The predicted molar refractivity (Wildman–Crippen MR) is 82.8 cm³/mol. The van der Waals surface area contributed by atoms with Crippen LogP contribution >= 0.6 is 0 Å². The van der Waals surface area contributed by atoms with Gasteiger partial charge >= 0.3 is 17.9 Å². The van der Waals surface area contributed by atoms with Gasteiger partial charge in [-0.2, -0.15) is 0 Å². The van der Waals surface area contributed by atoms with Crippen LogP contribution in [0.5, 0.6) is 5.75 Å². The van der Waals surface area contributed by atoms with E-state index in [1.54, 1.807) is 36.4 Å². The fraction of sp³-hybridized carbons (Fsp3) is 0.118. The molecule has 0 amide bonds. The molecule has 0 aliphatic rings. The zero-order valence-corrected chi connectivity index (χ0v) is 12.6. The summed E-state index contributed by atoms with van der Waals surface area (Å²) in [5.74, 6) is -2.45. The second kappa shape index (κ2) is 8.33. The average molecular weight is 316 g/mol. The molecule has 6 nitrogen and oxygen atoms in total. The number of aryl methyl sites for hydroxylation is 1. The number of carbonyl (C=O) groups excluding carboxylic acids is 1. The van der Waals surface area contributed by atoms with Crippen molar-refractivity contribution in [3.8, 4) is 5.75 Å². The largest absolute Gasteiger partial charge is 0.478 e. The van der Waals surface area contributed by atoms with E-state index in [0.717, 1.165) is 5.56 Å². The molecule has 0 aliphatic heterocycles. The predicted octanol–water partition coefficient (Wildman–Crippen LogP) is 3.00. The van der Waals surface area contributed by atoms with E-state index in [1.807, 2.05) is 6.92 Å². The van der Waals surface area contributed by atoms with E-state index in [9.17, 15) is 14.4 Å². The molecule has 0 heterocycles. The molecule has 0 atom stereocenters. The lowest BCUT2D eigenvalue weighted by Crippen LogP contribution is -2.06. The van der Waals surface area contributed by atoms with Crippen molar-refractivity contribution in [1.29, 1.82) is 0 Å². The highest BCUT2D eigenvalue weighted by Crippen LogP contribution is 2.17. The van der Waals surface area contributed by atoms with E-state index in [0.29, 0.717) is 5.56 Å². The molecule has 2 aromatic rings. The standard InChI is InChI=1S/C9H8O4.C8H8O2/c1-6(10)13-8-5-3-2-4-7(8)9(11)12;1-6-2-4-7(5-3-6)8(9)10/h2-5H,1H3,(H,11,12);2-5H,1H3,(H,9,10). The van der Waals surface area contributed by atoms with Crippen LogP contribution in [0.2, 0.25) is 0 Å². The third-order valence-corrected chi connectivity index (χ3v) is 2.67. The van der Waals surface area contributed by atoms with Crippen molar-refractivity contribution in [2.75, 3.05) is 0 Å². The minimum absolute atomic E-state index is 0.0160. The Morgan fingerprint density at radius 1 is 0.870 bits per heavy atom. The van der Waals surface area contributed by atoms with E-state index in [4.69, 9.17) is 10.2 Å². The van der Waals surface area contributed by atoms with Crippen molar-refractivity contribution in [2.45, 2.75) is 13.8 Å². The average Bonchev–Trinajstić information content (AvgIpc) is 2.48. The smallest absolute Gasteiger partial charge is 0.339 e. The van der Waals surface area contributed by atoms with Gasteiger partial charge in [0.2, 0.25) is 0 Å². The Hall–Kier alpha value is -3.15. The number of aromatic carboxylic acids is 2. The fourth-order valence-corrected chi connectivity index (χ4v) is 1.58. The molecule has 0 aromatic heterocycles. The molecular weight excluding hydrogens is 300 g/mol. The Labute approximate surface area is 133 Å². The highest BCUT2D eigenvalue weighted by atomic mass is 16.5. The lowest BCUT2D eigenvalue weighted by atomic mass is 10.2. The van der Waals surface area contributed by atoms with Crippen LogP contribution in [0, 0.1) is 6.92 Å². The highest BCUT2D eigenvalue weighted by molar-refractivity contribution is 5.91. The van der Waals surface area contributed by atoms with Crippen molar-refractivity contribution < 1.29 is 29.3 Å². The lowest BCUT2D eigenvalue weighted by molar-refractivity contribution is -0.131. The molecule has 2 N–H and O–H groups in total. The molecule has 0 saturated carbocycles. The summed E-state index contributed by atoms with van der Waals surface area (Å²) in [4.78, 5) is 31.5. The summed E-state index contributed by atoms with van der Waals surface area (Å²) in [7, 11) is 0. The number of ether oxygens (including phenoxy) is 1. The number of hydrogen-bond donors (Lipinski definition) is 2. The van der Waals surface area contributed by atoms with Gasteiger partial charge in [0, 0.05) is 6.92 Å². The second-order valence-corrected chi connectivity index (χ2v) is 4.57. The Morgan fingerprint density at radius 2 is 1.43 bits per heavy atom. The zero-order chi connectivity index (χ0) is 17.4. The number of esters is 1. The van der Waals surface area contributed by atoms with Gasteiger partial charge in [-0.05, 0) is 31.2 Å². The van der Waals surface area contributed by atoms with Crippen molar-refractivity contribution in [1.82, 2.24) is 0 Å². The van der Waals surface area contributed by atoms with Gasteiger partial charge in [0.1, 0.15) is 11.3 Å². The number of carboxylic acid groups (broad SMARTS) is 2. The van der Waals surface area contributed by atoms with Gasteiger partial charge in [-0.1, -0.05) is 29.8 Å². The first-order valence-electron chi connectivity index (χ1n) is 6.62. The van der Waals surface area contributed by atoms with Gasteiger partial charge in [0.05, 0.1) is 5.56 Å². The molecule has 0 spiro atoms. The highest BCUT2D eigenvalue weighted by Gasteiger charge is 2.10. The van der Waals surface area contributed by atoms with E-state index in [1.165, 1.54) is 19.1 Å². The molecule has 0 bridgehead atoms. The van der Waals surface area contributed by atoms with Gasteiger partial charge < -0.3 is 14.9 Å². The summed E-state index contributed by atoms with van der Waals surface area (Å²) in [5.41, 5.74) is 1.40. The first kappa shape index (κ1) is 17.9. The van der Waals surface area contributed by atoms with Gasteiger partial charge in [-0.3, -0.25) is 4.79 Å². The van der Waals surface area contributed by atoms with Crippen LogP contribution in [0.4, 0.5) is 0 Å². The number of carboxylic acids is 2. The van der Waals surface area contributed by atoms with Crippen molar-refractivity contribution in [3.05, 3.63) is 65.2 Å². The van der Waals surface area contributed by atoms with E-state index < -0.39 is 17.9 Å². The Balaban J connectivity index is 0.000000238. The van der Waals surface area contributed by atoms with Crippen molar-refractivity contribution >= 4 is 17.9 Å². The van der Waals surface area contributed by atoms with E-state index in [-0.39, 0.29) is 11.3 Å². The molecule has 120 valence electrons. The summed E-state index contributed by atoms with van der Waals surface area (Å²) in [6.45, 7) is 3.14. The molecule has 2 rings (SSSR count). The zero-order valence-electron chi connectivity index (χ0n) is 12.6. The first-order chi connectivity index (χ1) is 10.8. The van der Waals surface area contributed by atoms with Crippen LogP contribution in [-0.2, 0) is 4.79 Å². The number of para-hydroxylation sites is 1. The SMILES string of the molecule is CC(=O)Oc1ccccc1C(=O)O.Cc1ccc(C(=O)O)cc1. The van der Waals surface area contributed by atoms with E-state index >= 15 is 0 Å². The molecular formula is C17H16O6. The maximum atomic E-state index is 10.6. The maximum Gasteiger partial charge on any atom is 0.339 e. The quantitative estimate of drug-likeness (QED) is 0.667. The third kappa shape index (κ3) is 6.01. The molecule has 23 heavy (non-hydrogen) atoms. The summed E-state index contributed by atoms with van der Waals surface area (Å²) in [6, 6.07) is 12.7. The minimum Gasteiger partial charge on any atom is -0.478 e. The minimum atomic E-state index is -1.11. The normalized spacial score (nSPS) is 9.30. The van der Waals surface area contributed by atoms with Crippen LogP contribution in [0.1, 0.15) is 33.2 Å². The molecule has 0 fully saturated rings. The summed E-state index contributed by atoms with van der Waals surface area (Å²) in [6.07, 6.45) is 0. The third-order valence-electron chi connectivity index (χ3n) is 2.67. The fourth-order valence-electron chi connectivity index (χ4n) is 1.58. The van der Waals surface area contributed by atoms with Crippen LogP contribution in [0.3, 0.4) is 0 Å². The molecule has 0 radical (unpaired) electrons. The molecule has 0 saturated heterocycles. The summed E-state index contributed by atoms with van der Waals surface area (Å²) < 4.78 is 4.69. The van der Waals surface area contributed by atoms with Crippen LogP contribution < -0.4 is 4.74 Å². The van der Waals surface area contributed by atoms with Gasteiger partial charge in [0.25, 0.3) is 0 Å². The Kier molecular flexibility index (Phi) is 6.48. The molecule has 0 aliphatic carbocycles. The van der Waals surface area contributed by atoms with Gasteiger partial charge in [0.15, 0.2) is 0 Å². The Bertz CT molecular complexity index is 703. The van der Waals surface area contributed by atoms with Crippen LogP contribution in [-0.4, -0.2) is 28.1 Å². The monoisotopic (exact) mass is 316 g/mol. The Morgan fingerprint density at radius 3 is 1.91 bits per heavy atom. The maximum absolute atomic E-state index is 10.6. The van der Waals surface area contributed by atoms with Crippen LogP contribution in [0.15, 0.2) is 48.5 Å². The first-order valence-corrected chi connectivity index (χ1v) is 6.62. The molecule has 6 heteroatoms. The number of benzene rings is 2. The van der Waals surface area contributed by atoms with Gasteiger partial charge in [-0.15, -0.1) is 0 Å². The second-order valence-electron chi connectivity index (χ2n) is 4.57. The van der Waals surface area contributed by atoms with Crippen LogP contribution in [0.25, 0.3) is 0 Å². The van der Waals surface area contributed by atoms with Gasteiger partial charge in [-0.25, -0.2) is 9.59 Å². The number of rotatable bonds is 3. The number of carbonyl (C=O) groups is 3. The molecule has 0 unspecified atom stereocenters. The van der Waals surface area contributed by atoms with Crippen molar-refractivity contribution in [3.63, 3.8) is 0 Å². The summed E-state index contributed by atoms with van der Waals surface area (Å²) >= 11 is 0. The molecule has 2 aromatic carbocycles. The number of hydrogen-bond acceptors (Lipinski definition) is 4. The summed E-state index contributed by atoms with van der Waals surface area (Å²) in [5, 5.41) is 17.2.